The van der Waals surface area contributed by atoms with Crippen LogP contribution in [-0.2, 0) is 0 Å². The Hall–Kier alpha value is -1.86. The van der Waals surface area contributed by atoms with Gasteiger partial charge in [-0.1, -0.05) is 103 Å². The molecule has 1 unspecified atom stereocenters. The molecule has 1 atom stereocenters. The second-order valence-corrected chi connectivity index (χ2v) is 10.7. The van der Waals surface area contributed by atoms with Gasteiger partial charge in [-0.05, 0) is 30.1 Å². The summed E-state index contributed by atoms with van der Waals surface area (Å²) in [4.78, 5) is 0. The Balaban J connectivity index is 2.19. The molecule has 0 amide bonds. The van der Waals surface area contributed by atoms with Crippen molar-refractivity contribution < 1.29 is 0 Å². The zero-order valence-electron chi connectivity index (χ0n) is 14.5. The van der Waals surface area contributed by atoms with Crippen molar-refractivity contribution in [1.82, 2.24) is 0 Å². The average molecular weight is 319 g/mol. The van der Waals surface area contributed by atoms with Crippen molar-refractivity contribution in [2.24, 2.45) is 0 Å². The van der Waals surface area contributed by atoms with E-state index < -0.39 is 8.07 Å². The van der Waals surface area contributed by atoms with E-state index in [1.54, 1.807) is 10.8 Å². The van der Waals surface area contributed by atoms with E-state index in [1.165, 1.54) is 28.8 Å². The minimum absolute atomic E-state index is 1.13. The van der Waals surface area contributed by atoms with Gasteiger partial charge in [-0.15, -0.1) is 0 Å². The maximum absolute atomic E-state index is 2.53. The van der Waals surface area contributed by atoms with Crippen LogP contribution >= 0.6 is 0 Å². The SMILES string of the molecule is CCCC1=C([Si](C)(c2ccccc2)c2ccc(C)cc2)CC=C1. The van der Waals surface area contributed by atoms with Crippen molar-refractivity contribution in [3.05, 3.63) is 83.1 Å². The molecule has 0 bridgehead atoms. The van der Waals surface area contributed by atoms with E-state index in [1.807, 2.05) is 0 Å². The number of allylic oxidation sites excluding steroid dienone is 4. The van der Waals surface area contributed by atoms with Crippen LogP contribution in [0.3, 0.4) is 0 Å². The van der Waals surface area contributed by atoms with Crippen LogP contribution in [0.2, 0.25) is 6.55 Å². The molecular weight excluding hydrogens is 292 g/mol. The maximum atomic E-state index is 2.53. The van der Waals surface area contributed by atoms with Gasteiger partial charge in [0.25, 0.3) is 0 Å². The molecule has 1 aliphatic carbocycles. The van der Waals surface area contributed by atoms with Crippen molar-refractivity contribution in [3.63, 3.8) is 0 Å². The molecule has 2 aromatic carbocycles. The summed E-state index contributed by atoms with van der Waals surface area (Å²) in [6.07, 6.45) is 8.29. The van der Waals surface area contributed by atoms with Crippen LogP contribution in [-0.4, -0.2) is 8.07 Å². The summed E-state index contributed by atoms with van der Waals surface area (Å²) < 4.78 is 0. The molecule has 3 rings (SSSR count). The van der Waals surface area contributed by atoms with Crippen LogP contribution in [0.4, 0.5) is 0 Å². The highest BCUT2D eigenvalue weighted by Crippen LogP contribution is 2.30. The first kappa shape index (κ1) is 16.0. The molecule has 0 heterocycles. The Morgan fingerprint density at radius 3 is 2.22 bits per heavy atom. The maximum Gasteiger partial charge on any atom is 0.141 e. The number of benzene rings is 2. The minimum atomic E-state index is -1.87. The van der Waals surface area contributed by atoms with E-state index in [-0.39, 0.29) is 0 Å². The van der Waals surface area contributed by atoms with Gasteiger partial charge in [0.15, 0.2) is 0 Å². The number of hydrogen-bond acceptors (Lipinski definition) is 0. The lowest BCUT2D eigenvalue weighted by Crippen LogP contribution is -2.57. The van der Waals surface area contributed by atoms with Crippen LogP contribution < -0.4 is 10.4 Å². The summed E-state index contributed by atoms with van der Waals surface area (Å²) in [5.41, 5.74) is 2.93. The second kappa shape index (κ2) is 6.72. The number of aryl methyl sites for hydroxylation is 1. The van der Waals surface area contributed by atoms with E-state index in [0.717, 1.165) is 6.42 Å². The van der Waals surface area contributed by atoms with Gasteiger partial charge in [-0.3, -0.25) is 0 Å². The molecular formula is C22H26Si. The van der Waals surface area contributed by atoms with Crippen molar-refractivity contribution in [2.75, 3.05) is 0 Å². The van der Waals surface area contributed by atoms with Gasteiger partial charge in [-0.2, -0.15) is 0 Å². The summed E-state index contributed by atoms with van der Waals surface area (Å²) in [5, 5.41) is 4.76. The van der Waals surface area contributed by atoms with Gasteiger partial charge in [0.2, 0.25) is 0 Å². The molecule has 0 aromatic heterocycles. The van der Waals surface area contributed by atoms with Crippen LogP contribution in [0.1, 0.15) is 31.7 Å². The smallest absolute Gasteiger partial charge is 0.0806 e. The first-order chi connectivity index (χ1) is 11.2. The lowest BCUT2D eigenvalue weighted by molar-refractivity contribution is 0.923. The minimum Gasteiger partial charge on any atom is -0.0806 e. The van der Waals surface area contributed by atoms with E-state index in [9.17, 15) is 0 Å². The Bertz CT molecular complexity index is 722. The molecule has 0 saturated heterocycles. The van der Waals surface area contributed by atoms with Gasteiger partial charge in [0, 0.05) is 0 Å². The first-order valence-electron chi connectivity index (χ1n) is 8.68. The summed E-state index contributed by atoms with van der Waals surface area (Å²) in [5.74, 6) is 0. The Labute approximate surface area is 141 Å². The molecule has 0 nitrogen and oxygen atoms in total. The quantitative estimate of drug-likeness (QED) is 0.696. The second-order valence-electron chi connectivity index (χ2n) is 6.72. The third-order valence-electron chi connectivity index (χ3n) is 5.13. The molecule has 1 aliphatic rings. The van der Waals surface area contributed by atoms with Gasteiger partial charge in [0.05, 0.1) is 0 Å². The molecule has 0 aliphatic heterocycles. The Morgan fingerprint density at radius 1 is 0.913 bits per heavy atom. The summed E-state index contributed by atoms with van der Waals surface area (Å²) >= 11 is 0. The molecule has 0 spiro atoms. The molecule has 118 valence electrons. The monoisotopic (exact) mass is 318 g/mol. The number of hydrogen-bond donors (Lipinski definition) is 0. The molecule has 2 aromatic rings. The molecule has 0 N–H and O–H groups in total. The van der Waals surface area contributed by atoms with E-state index in [2.05, 4.69) is 87.1 Å². The van der Waals surface area contributed by atoms with Crippen LogP contribution in [0.15, 0.2) is 77.5 Å². The third kappa shape index (κ3) is 2.98. The van der Waals surface area contributed by atoms with Crippen LogP contribution in [0.5, 0.6) is 0 Å². The molecule has 1 heteroatoms. The van der Waals surface area contributed by atoms with Crippen LogP contribution in [0.25, 0.3) is 0 Å². The lowest BCUT2D eigenvalue weighted by atomic mass is 10.2. The topological polar surface area (TPSA) is 0 Å². The van der Waals surface area contributed by atoms with Crippen molar-refractivity contribution in [2.45, 2.75) is 39.7 Å². The van der Waals surface area contributed by atoms with Gasteiger partial charge in [-0.25, -0.2) is 0 Å². The predicted molar refractivity (Wildman–Crippen MR) is 104 cm³/mol. The predicted octanol–water partition coefficient (Wildman–Crippen LogP) is 4.78. The summed E-state index contributed by atoms with van der Waals surface area (Å²) in [6, 6.07) is 20.4. The van der Waals surface area contributed by atoms with Gasteiger partial charge < -0.3 is 0 Å². The molecule has 0 saturated carbocycles. The van der Waals surface area contributed by atoms with Crippen molar-refractivity contribution >= 4 is 18.4 Å². The zero-order valence-corrected chi connectivity index (χ0v) is 15.5. The zero-order chi connectivity index (χ0) is 16.3. The molecule has 0 fully saturated rings. The Morgan fingerprint density at radius 2 is 1.57 bits per heavy atom. The standard InChI is InChI=1S/C22H26Si/c1-4-9-19-10-8-13-22(19)23(3,20-11-6-5-7-12-20)21-16-14-18(2)15-17-21/h5-8,10-12,14-17H,4,9,13H2,1-3H3. The summed E-state index contributed by atoms with van der Waals surface area (Å²) in [6.45, 7) is 6.99. The fraction of sp³-hybridized carbons (Fsp3) is 0.273. The highest BCUT2D eigenvalue weighted by molar-refractivity contribution is 7.06. The van der Waals surface area contributed by atoms with Gasteiger partial charge >= 0.3 is 0 Å². The lowest BCUT2D eigenvalue weighted by Gasteiger charge is -2.32. The number of rotatable bonds is 5. The summed E-state index contributed by atoms with van der Waals surface area (Å²) in [7, 11) is -1.87. The highest BCUT2D eigenvalue weighted by atomic mass is 28.3. The molecule has 0 radical (unpaired) electrons. The average Bonchev–Trinajstić information content (AvgIpc) is 3.05. The third-order valence-corrected chi connectivity index (χ3v) is 9.84. The van der Waals surface area contributed by atoms with Crippen molar-refractivity contribution in [3.8, 4) is 0 Å². The Kier molecular flexibility index (Phi) is 4.68. The van der Waals surface area contributed by atoms with E-state index in [4.69, 9.17) is 0 Å². The van der Waals surface area contributed by atoms with Crippen molar-refractivity contribution in [1.29, 1.82) is 0 Å². The first-order valence-corrected chi connectivity index (χ1v) is 11.2. The van der Waals surface area contributed by atoms with Crippen LogP contribution in [0, 0.1) is 6.92 Å². The molecule has 23 heavy (non-hydrogen) atoms. The van der Waals surface area contributed by atoms with E-state index >= 15 is 0 Å². The largest absolute Gasteiger partial charge is 0.141 e. The van der Waals surface area contributed by atoms with Gasteiger partial charge in [0.1, 0.15) is 8.07 Å². The normalized spacial score (nSPS) is 16.7. The van der Waals surface area contributed by atoms with E-state index in [0.29, 0.717) is 0 Å². The fourth-order valence-electron chi connectivity index (χ4n) is 3.75. The highest BCUT2D eigenvalue weighted by Gasteiger charge is 2.37. The fourth-order valence-corrected chi connectivity index (χ4v) is 7.85.